The van der Waals surface area contributed by atoms with Gasteiger partial charge in [-0.05, 0) is 37.5 Å². The van der Waals surface area contributed by atoms with Crippen molar-refractivity contribution in [2.75, 3.05) is 31.3 Å². The number of methoxy groups -OCH3 is 2. The monoisotopic (exact) mass is 420 g/mol. The van der Waals surface area contributed by atoms with Gasteiger partial charge in [0.15, 0.2) is 0 Å². The molecule has 0 saturated carbocycles. The number of carbonyl (C=O) groups is 1. The van der Waals surface area contributed by atoms with Gasteiger partial charge in [-0.2, -0.15) is 0 Å². The van der Waals surface area contributed by atoms with Crippen LogP contribution in [0.3, 0.4) is 0 Å². The number of hydrogen-bond acceptors (Lipinski definition) is 5. The fourth-order valence-corrected chi connectivity index (χ4v) is 3.78. The van der Waals surface area contributed by atoms with Crippen molar-refractivity contribution in [3.05, 3.63) is 54.1 Å². The fourth-order valence-electron chi connectivity index (χ4n) is 2.92. The second-order valence-corrected chi connectivity index (χ2v) is 8.71. The molecule has 0 saturated heterocycles. The van der Waals surface area contributed by atoms with E-state index in [2.05, 4.69) is 5.32 Å². The molecular formula is C21H28N2O5S. The first kappa shape index (κ1) is 22.5. The van der Waals surface area contributed by atoms with Crippen LogP contribution >= 0.6 is 0 Å². The molecule has 0 bridgehead atoms. The number of amides is 1. The summed E-state index contributed by atoms with van der Waals surface area (Å²) >= 11 is 0. The summed E-state index contributed by atoms with van der Waals surface area (Å²) in [6.07, 6.45) is 2.63. The maximum atomic E-state index is 12.5. The number of nitrogens with one attached hydrogen (secondary N) is 1. The molecule has 1 atom stereocenters. The maximum absolute atomic E-state index is 12.5. The van der Waals surface area contributed by atoms with Gasteiger partial charge in [0.2, 0.25) is 15.9 Å². The van der Waals surface area contributed by atoms with E-state index in [-0.39, 0.29) is 24.2 Å². The number of carbonyl (C=O) groups excluding carboxylic acids is 1. The zero-order valence-electron chi connectivity index (χ0n) is 17.2. The molecule has 2 aromatic carbocycles. The first-order valence-electron chi connectivity index (χ1n) is 9.27. The van der Waals surface area contributed by atoms with E-state index < -0.39 is 10.0 Å². The van der Waals surface area contributed by atoms with E-state index in [1.54, 1.807) is 18.2 Å². The Morgan fingerprint density at radius 3 is 2.38 bits per heavy atom. The Kier molecular flexibility index (Phi) is 7.90. The highest BCUT2D eigenvalue weighted by molar-refractivity contribution is 7.92. The Bertz CT molecular complexity index is 916. The number of anilines is 1. The topological polar surface area (TPSA) is 84.9 Å². The zero-order chi connectivity index (χ0) is 21.4. The minimum atomic E-state index is -3.70. The molecule has 8 heteroatoms. The van der Waals surface area contributed by atoms with Crippen molar-refractivity contribution in [3.63, 3.8) is 0 Å². The average molecular weight is 421 g/mol. The molecule has 0 aliphatic rings. The minimum Gasteiger partial charge on any atom is -0.497 e. The lowest BCUT2D eigenvalue weighted by Crippen LogP contribution is -2.43. The SMILES string of the molecule is COc1ccc(N(CC(=O)N[C@@H](C)CCc2ccccc2)S(C)(=O)=O)c(OC)c1. The van der Waals surface area contributed by atoms with Crippen LogP contribution in [0.15, 0.2) is 48.5 Å². The second kappa shape index (κ2) is 10.2. The molecule has 0 aromatic heterocycles. The molecule has 2 aromatic rings. The van der Waals surface area contributed by atoms with Crippen molar-refractivity contribution >= 4 is 21.6 Å². The van der Waals surface area contributed by atoms with Gasteiger partial charge in [0, 0.05) is 12.1 Å². The predicted octanol–water partition coefficient (Wildman–Crippen LogP) is 2.61. The van der Waals surface area contributed by atoms with Crippen LogP contribution in [0.25, 0.3) is 0 Å². The van der Waals surface area contributed by atoms with Crippen LogP contribution in [0.5, 0.6) is 11.5 Å². The first-order valence-corrected chi connectivity index (χ1v) is 11.1. The molecule has 0 unspecified atom stereocenters. The average Bonchev–Trinajstić information content (AvgIpc) is 2.70. The zero-order valence-corrected chi connectivity index (χ0v) is 18.0. The summed E-state index contributed by atoms with van der Waals surface area (Å²) in [5.74, 6) is 0.451. The van der Waals surface area contributed by atoms with E-state index in [1.807, 2.05) is 37.3 Å². The third-order valence-corrected chi connectivity index (χ3v) is 5.59. The Labute approximate surface area is 172 Å². The molecule has 158 valence electrons. The summed E-state index contributed by atoms with van der Waals surface area (Å²) < 4.78 is 36.2. The van der Waals surface area contributed by atoms with Gasteiger partial charge in [-0.15, -0.1) is 0 Å². The summed E-state index contributed by atoms with van der Waals surface area (Å²) in [5.41, 5.74) is 1.47. The van der Waals surface area contributed by atoms with Crippen LogP contribution in [0.1, 0.15) is 18.9 Å². The molecule has 0 radical (unpaired) electrons. The van der Waals surface area contributed by atoms with Crippen molar-refractivity contribution in [1.29, 1.82) is 0 Å². The third-order valence-electron chi connectivity index (χ3n) is 4.46. The molecular weight excluding hydrogens is 392 g/mol. The molecule has 7 nitrogen and oxygen atoms in total. The molecule has 0 aliphatic heterocycles. The summed E-state index contributed by atoms with van der Waals surface area (Å²) in [5, 5.41) is 2.87. The maximum Gasteiger partial charge on any atom is 0.240 e. The Morgan fingerprint density at radius 2 is 1.79 bits per heavy atom. The first-order chi connectivity index (χ1) is 13.7. The minimum absolute atomic E-state index is 0.0955. The van der Waals surface area contributed by atoms with E-state index in [1.165, 1.54) is 19.8 Å². The number of sulfonamides is 1. The number of benzene rings is 2. The van der Waals surface area contributed by atoms with Crippen LogP contribution in [0, 0.1) is 0 Å². The quantitative estimate of drug-likeness (QED) is 0.639. The standard InChI is InChI=1S/C21H28N2O5S/c1-16(10-11-17-8-6-5-7-9-17)22-21(24)15-23(29(4,25)26)19-13-12-18(27-2)14-20(19)28-3/h5-9,12-14,16H,10-11,15H2,1-4H3,(H,22,24)/t16-/m0/s1. The van der Waals surface area contributed by atoms with Gasteiger partial charge in [-0.1, -0.05) is 30.3 Å². The Balaban J connectivity index is 2.07. The molecule has 0 aliphatic carbocycles. The summed E-state index contributed by atoms with van der Waals surface area (Å²) in [6, 6.07) is 14.7. The number of rotatable bonds is 10. The van der Waals surface area contributed by atoms with Gasteiger partial charge >= 0.3 is 0 Å². The molecule has 2 rings (SSSR count). The van der Waals surface area contributed by atoms with E-state index in [9.17, 15) is 13.2 Å². The summed E-state index contributed by atoms with van der Waals surface area (Å²) in [6.45, 7) is 1.57. The highest BCUT2D eigenvalue weighted by atomic mass is 32.2. The summed E-state index contributed by atoms with van der Waals surface area (Å²) in [4.78, 5) is 12.5. The van der Waals surface area contributed by atoms with E-state index in [0.717, 1.165) is 23.4 Å². The van der Waals surface area contributed by atoms with E-state index >= 15 is 0 Å². The number of hydrogen-bond donors (Lipinski definition) is 1. The van der Waals surface area contributed by atoms with Crippen LogP contribution in [-0.2, 0) is 21.2 Å². The number of nitrogens with zero attached hydrogens (tertiary/aromatic N) is 1. The fraction of sp³-hybridized carbons (Fsp3) is 0.381. The molecule has 0 heterocycles. The lowest BCUT2D eigenvalue weighted by Gasteiger charge is -2.25. The molecule has 0 fully saturated rings. The Morgan fingerprint density at radius 1 is 1.10 bits per heavy atom. The largest absolute Gasteiger partial charge is 0.497 e. The van der Waals surface area contributed by atoms with Crippen molar-refractivity contribution in [1.82, 2.24) is 5.32 Å². The highest BCUT2D eigenvalue weighted by Crippen LogP contribution is 2.33. The number of aryl methyl sites for hydroxylation is 1. The van der Waals surface area contributed by atoms with Gasteiger partial charge in [-0.3, -0.25) is 9.10 Å². The lowest BCUT2D eigenvalue weighted by molar-refractivity contribution is -0.120. The molecule has 0 spiro atoms. The van der Waals surface area contributed by atoms with Gasteiger partial charge in [-0.25, -0.2) is 8.42 Å². The van der Waals surface area contributed by atoms with Crippen molar-refractivity contribution in [2.24, 2.45) is 0 Å². The third kappa shape index (κ3) is 6.67. The van der Waals surface area contributed by atoms with Gasteiger partial charge in [0.05, 0.1) is 26.2 Å². The number of ether oxygens (including phenoxy) is 2. The van der Waals surface area contributed by atoms with E-state index in [4.69, 9.17) is 9.47 Å². The van der Waals surface area contributed by atoms with Gasteiger partial charge in [0.25, 0.3) is 0 Å². The van der Waals surface area contributed by atoms with Crippen LogP contribution in [0.4, 0.5) is 5.69 Å². The smallest absolute Gasteiger partial charge is 0.240 e. The van der Waals surface area contributed by atoms with Gasteiger partial charge in [0.1, 0.15) is 18.0 Å². The molecule has 29 heavy (non-hydrogen) atoms. The molecule has 1 N–H and O–H groups in total. The predicted molar refractivity (Wildman–Crippen MR) is 114 cm³/mol. The molecule has 1 amide bonds. The van der Waals surface area contributed by atoms with Crippen molar-refractivity contribution in [3.8, 4) is 11.5 Å². The lowest BCUT2D eigenvalue weighted by atomic mass is 10.1. The van der Waals surface area contributed by atoms with Gasteiger partial charge < -0.3 is 14.8 Å². The summed E-state index contributed by atoms with van der Waals surface area (Å²) in [7, 11) is -0.763. The van der Waals surface area contributed by atoms with Crippen LogP contribution < -0.4 is 19.1 Å². The Hall–Kier alpha value is -2.74. The van der Waals surface area contributed by atoms with Crippen molar-refractivity contribution in [2.45, 2.75) is 25.8 Å². The van der Waals surface area contributed by atoms with Crippen molar-refractivity contribution < 1.29 is 22.7 Å². The normalized spacial score (nSPS) is 12.1. The highest BCUT2D eigenvalue weighted by Gasteiger charge is 2.25. The van der Waals surface area contributed by atoms with Crippen LogP contribution in [-0.4, -0.2) is 47.4 Å². The second-order valence-electron chi connectivity index (χ2n) is 6.80. The van der Waals surface area contributed by atoms with E-state index in [0.29, 0.717) is 11.5 Å². The van der Waals surface area contributed by atoms with Crippen LogP contribution in [0.2, 0.25) is 0 Å².